The highest BCUT2D eigenvalue weighted by atomic mass is 16.5. The van der Waals surface area contributed by atoms with Crippen LogP contribution in [0.4, 0.5) is 4.79 Å². The minimum absolute atomic E-state index is 0.184. The number of nitrogens with one attached hydrogen (secondary N) is 4. The van der Waals surface area contributed by atoms with E-state index in [0.717, 1.165) is 0 Å². The molecule has 1 aromatic carbocycles. The number of hydrogen-bond acceptors (Lipinski definition) is 6. The molecular formula is C15H12N4O6. The van der Waals surface area contributed by atoms with Gasteiger partial charge >= 0.3 is 11.7 Å². The van der Waals surface area contributed by atoms with Gasteiger partial charge in [-0.25, -0.2) is 9.59 Å². The molecule has 3 amide bonds. The second-order valence-corrected chi connectivity index (χ2v) is 5.71. The summed E-state index contributed by atoms with van der Waals surface area (Å²) in [7, 11) is 0. The predicted molar refractivity (Wildman–Crippen MR) is 82.2 cm³/mol. The number of aromatic nitrogens is 2. The molecule has 1 saturated heterocycles. The van der Waals surface area contributed by atoms with E-state index in [0.29, 0.717) is 11.3 Å². The Morgan fingerprint density at radius 1 is 1.04 bits per heavy atom. The van der Waals surface area contributed by atoms with E-state index in [-0.39, 0.29) is 5.56 Å². The zero-order valence-corrected chi connectivity index (χ0v) is 12.5. The van der Waals surface area contributed by atoms with Crippen LogP contribution in [0.1, 0.15) is 17.0 Å². The number of para-hydroxylation sites is 1. The van der Waals surface area contributed by atoms with Gasteiger partial charge in [-0.1, -0.05) is 18.2 Å². The summed E-state index contributed by atoms with van der Waals surface area (Å²) in [6, 6.07) is 5.92. The van der Waals surface area contributed by atoms with Crippen molar-refractivity contribution in [2.45, 2.75) is 12.1 Å². The van der Waals surface area contributed by atoms with Crippen molar-refractivity contribution < 1.29 is 19.4 Å². The van der Waals surface area contributed by atoms with Gasteiger partial charge in [0.1, 0.15) is 11.7 Å². The van der Waals surface area contributed by atoms with Crippen molar-refractivity contribution in [3.8, 4) is 11.6 Å². The van der Waals surface area contributed by atoms with E-state index in [9.17, 15) is 24.3 Å². The van der Waals surface area contributed by atoms with Crippen molar-refractivity contribution in [1.82, 2.24) is 20.6 Å². The summed E-state index contributed by atoms with van der Waals surface area (Å²) < 4.78 is 5.67. The largest absolute Gasteiger partial charge is 0.494 e. The van der Waals surface area contributed by atoms with E-state index < -0.39 is 47.1 Å². The molecule has 25 heavy (non-hydrogen) atoms. The van der Waals surface area contributed by atoms with Crippen molar-refractivity contribution in [1.29, 1.82) is 0 Å². The van der Waals surface area contributed by atoms with E-state index in [2.05, 4.69) is 15.6 Å². The Balaban J connectivity index is 1.98. The van der Waals surface area contributed by atoms with Crippen LogP contribution in [-0.2, 0) is 4.79 Å². The van der Waals surface area contributed by atoms with Gasteiger partial charge in [-0.3, -0.25) is 24.9 Å². The number of fused-ring (bicyclic) bond motifs is 2. The number of aromatic amines is 2. The highest BCUT2D eigenvalue weighted by molar-refractivity contribution is 5.99. The minimum atomic E-state index is -1.02. The molecule has 0 aliphatic carbocycles. The van der Waals surface area contributed by atoms with Gasteiger partial charge in [0.2, 0.25) is 11.8 Å². The number of carbonyl (C=O) groups is 2. The first kappa shape index (κ1) is 15.0. The molecule has 10 nitrogen and oxygen atoms in total. The minimum Gasteiger partial charge on any atom is -0.494 e. The third kappa shape index (κ3) is 2.26. The molecule has 4 rings (SSSR count). The molecule has 0 bridgehead atoms. The van der Waals surface area contributed by atoms with Crippen molar-refractivity contribution in [3.63, 3.8) is 0 Å². The van der Waals surface area contributed by atoms with E-state index in [1.54, 1.807) is 24.3 Å². The molecule has 10 heteroatoms. The number of urea groups is 1. The average molecular weight is 344 g/mol. The predicted octanol–water partition coefficient (Wildman–Crippen LogP) is -0.925. The highest BCUT2D eigenvalue weighted by Crippen LogP contribution is 2.44. The molecule has 5 N–H and O–H groups in total. The lowest BCUT2D eigenvalue weighted by Gasteiger charge is -2.40. The Hall–Kier alpha value is -3.56. The Morgan fingerprint density at radius 3 is 2.56 bits per heavy atom. The van der Waals surface area contributed by atoms with Crippen molar-refractivity contribution in [2.75, 3.05) is 0 Å². The van der Waals surface area contributed by atoms with E-state index in [1.165, 1.54) is 0 Å². The summed E-state index contributed by atoms with van der Waals surface area (Å²) in [5.74, 6) is -2.88. The molecular weight excluding hydrogens is 332 g/mol. The summed E-state index contributed by atoms with van der Waals surface area (Å²) in [5.41, 5.74) is -1.41. The fraction of sp³-hybridized carbons (Fsp3) is 0.200. The van der Waals surface area contributed by atoms with Crippen molar-refractivity contribution >= 4 is 11.9 Å². The Bertz CT molecular complexity index is 1010. The van der Waals surface area contributed by atoms with Crippen LogP contribution < -0.4 is 26.6 Å². The third-order valence-electron chi connectivity index (χ3n) is 4.28. The SMILES string of the molecule is O=C1NC(=O)C2C(N1)Oc1ccccc1C2c1c(O)[nH]c(=O)[nH]c1=O. The van der Waals surface area contributed by atoms with Gasteiger partial charge in [0, 0.05) is 11.5 Å². The molecule has 128 valence electrons. The first-order valence-electron chi connectivity index (χ1n) is 7.38. The second kappa shape index (κ2) is 5.23. The smallest absolute Gasteiger partial charge is 0.328 e. The number of rotatable bonds is 1. The van der Waals surface area contributed by atoms with Crippen LogP contribution in [0.15, 0.2) is 33.9 Å². The van der Waals surface area contributed by atoms with Gasteiger partial charge in [0.05, 0.1) is 5.56 Å². The van der Waals surface area contributed by atoms with Gasteiger partial charge in [-0.2, -0.15) is 0 Å². The van der Waals surface area contributed by atoms with Crippen LogP contribution in [0.3, 0.4) is 0 Å². The number of H-pyrrole nitrogens is 2. The monoisotopic (exact) mass is 344 g/mol. The molecule has 2 aliphatic rings. The summed E-state index contributed by atoms with van der Waals surface area (Å²) in [6.45, 7) is 0. The normalized spacial score (nSPS) is 24.4. The summed E-state index contributed by atoms with van der Waals surface area (Å²) in [4.78, 5) is 51.8. The zero-order valence-electron chi connectivity index (χ0n) is 12.5. The zero-order chi connectivity index (χ0) is 17.7. The van der Waals surface area contributed by atoms with Crippen molar-refractivity contribution in [2.24, 2.45) is 5.92 Å². The molecule has 2 aliphatic heterocycles. The van der Waals surface area contributed by atoms with E-state index in [4.69, 9.17) is 4.74 Å². The number of amides is 3. The second-order valence-electron chi connectivity index (χ2n) is 5.71. The molecule has 3 atom stereocenters. The Kier molecular flexibility index (Phi) is 3.14. The highest BCUT2D eigenvalue weighted by Gasteiger charge is 2.49. The summed E-state index contributed by atoms with van der Waals surface area (Å²) >= 11 is 0. The van der Waals surface area contributed by atoms with Gasteiger partial charge in [0.15, 0.2) is 6.23 Å². The maximum atomic E-state index is 12.4. The maximum absolute atomic E-state index is 12.4. The lowest BCUT2D eigenvalue weighted by atomic mass is 9.77. The van der Waals surface area contributed by atoms with Crippen LogP contribution >= 0.6 is 0 Å². The fourth-order valence-electron chi connectivity index (χ4n) is 3.30. The molecule has 3 unspecified atom stereocenters. The van der Waals surface area contributed by atoms with Crippen LogP contribution in [-0.4, -0.2) is 33.2 Å². The Morgan fingerprint density at radius 2 is 1.80 bits per heavy atom. The van der Waals surface area contributed by atoms with Crippen LogP contribution in [0.5, 0.6) is 11.6 Å². The van der Waals surface area contributed by atoms with E-state index in [1.807, 2.05) is 4.98 Å². The number of benzene rings is 1. The standard InChI is InChI=1S/C15H12N4O6/c20-10-8(11(21)17-14(23)16-10)7-5-3-1-2-4-6(5)25-13-9(7)12(22)18-15(24)19-13/h1-4,7,9,13H,(H2,18,19,22,24)(H3,16,17,20,21,23). The first-order valence-corrected chi connectivity index (χ1v) is 7.38. The number of imide groups is 1. The first-order chi connectivity index (χ1) is 12.0. The fourth-order valence-corrected chi connectivity index (χ4v) is 3.30. The maximum Gasteiger partial charge on any atom is 0.328 e. The molecule has 3 heterocycles. The van der Waals surface area contributed by atoms with Gasteiger partial charge < -0.3 is 15.2 Å². The van der Waals surface area contributed by atoms with Crippen LogP contribution in [0, 0.1) is 5.92 Å². The van der Waals surface area contributed by atoms with Crippen LogP contribution in [0.25, 0.3) is 0 Å². The summed E-state index contributed by atoms with van der Waals surface area (Å²) in [5, 5.41) is 14.7. The van der Waals surface area contributed by atoms with E-state index >= 15 is 0 Å². The molecule has 2 aromatic rings. The van der Waals surface area contributed by atoms with Gasteiger partial charge in [-0.15, -0.1) is 0 Å². The molecule has 0 radical (unpaired) electrons. The number of aromatic hydroxyl groups is 1. The molecule has 1 aromatic heterocycles. The quantitative estimate of drug-likeness (QED) is 0.451. The molecule has 1 fully saturated rings. The average Bonchev–Trinajstić information content (AvgIpc) is 2.52. The van der Waals surface area contributed by atoms with Crippen LogP contribution in [0.2, 0.25) is 0 Å². The summed E-state index contributed by atoms with van der Waals surface area (Å²) in [6.07, 6.45) is -1.02. The number of hydrogen-bond donors (Lipinski definition) is 5. The third-order valence-corrected chi connectivity index (χ3v) is 4.28. The van der Waals surface area contributed by atoms with Gasteiger partial charge in [-0.05, 0) is 6.07 Å². The number of ether oxygens (including phenoxy) is 1. The van der Waals surface area contributed by atoms with Crippen molar-refractivity contribution in [3.05, 3.63) is 56.2 Å². The Labute approximate surface area is 138 Å². The molecule has 0 spiro atoms. The topological polar surface area (TPSA) is 153 Å². The molecule has 0 saturated carbocycles. The number of carbonyl (C=O) groups excluding carboxylic acids is 2. The van der Waals surface area contributed by atoms with Gasteiger partial charge in [0.25, 0.3) is 5.56 Å². The lowest BCUT2D eigenvalue weighted by molar-refractivity contribution is -0.130. The lowest BCUT2D eigenvalue weighted by Crippen LogP contribution is -2.63.